The Balaban J connectivity index is 2.04. The second-order valence-electron chi connectivity index (χ2n) is 4.43. The fourth-order valence-electron chi connectivity index (χ4n) is 1.92. The van der Waals surface area contributed by atoms with Crippen LogP contribution in [0, 0.1) is 10.1 Å². The van der Waals surface area contributed by atoms with Crippen LogP contribution in [0.4, 0.5) is 5.69 Å². The van der Waals surface area contributed by atoms with E-state index >= 15 is 0 Å². The lowest BCUT2D eigenvalue weighted by atomic mass is 10.0. The summed E-state index contributed by atoms with van der Waals surface area (Å²) in [5.41, 5.74) is 1.91. The molecule has 0 saturated carbocycles. The molecule has 2 rings (SSSR count). The second kappa shape index (κ2) is 6.73. The van der Waals surface area contributed by atoms with E-state index in [1.807, 2.05) is 30.3 Å². The van der Waals surface area contributed by atoms with Gasteiger partial charge in [0.1, 0.15) is 0 Å². The van der Waals surface area contributed by atoms with Gasteiger partial charge >= 0.3 is 0 Å². The van der Waals surface area contributed by atoms with Crippen molar-refractivity contribution in [3.8, 4) is 0 Å². The van der Waals surface area contributed by atoms with Crippen molar-refractivity contribution in [2.45, 2.75) is 17.2 Å². The summed E-state index contributed by atoms with van der Waals surface area (Å²) in [5, 5.41) is 10.1. The summed E-state index contributed by atoms with van der Waals surface area (Å²) in [6, 6.07) is 16.0. The first-order valence-corrected chi connectivity index (χ1v) is 7.02. The van der Waals surface area contributed by atoms with Crippen molar-refractivity contribution in [1.29, 1.82) is 0 Å². The zero-order valence-electron chi connectivity index (χ0n) is 10.6. The molecule has 0 N–H and O–H groups in total. The summed E-state index contributed by atoms with van der Waals surface area (Å²) in [4.78, 5) is 10.2. The highest BCUT2D eigenvalue weighted by atomic mass is 35.5. The van der Waals surface area contributed by atoms with Crippen LogP contribution in [0.25, 0.3) is 0 Å². The van der Waals surface area contributed by atoms with E-state index < -0.39 is 4.92 Å². The molecule has 0 saturated heterocycles. The third-order valence-corrected chi connectivity index (χ3v) is 3.90. The van der Waals surface area contributed by atoms with Crippen molar-refractivity contribution >= 4 is 28.9 Å². The van der Waals surface area contributed by atoms with Gasteiger partial charge in [0, 0.05) is 12.1 Å². The highest BCUT2D eigenvalue weighted by Crippen LogP contribution is 2.35. The lowest BCUT2D eigenvalue weighted by Gasteiger charge is -2.14. The van der Waals surface area contributed by atoms with E-state index in [0.717, 1.165) is 11.1 Å². The molecule has 0 aliphatic rings. The zero-order valence-corrected chi connectivity index (χ0v) is 12.1. The van der Waals surface area contributed by atoms with Crippen LogP contribution in [0.1, 0.15) is 28.3 Å². The molecular weight excluding hydrogens is 297 g/mol. The van der Waals surface area contributed by atoms with Crippen LogP contribution in [0.15, 0.2) is 54.6 Å². The minimum atomic E-state index is -0.429. The van der Waals surface area contributed by atoms with Gasteiger partial charge in [-0.05, 0) is 17.5 Å². The highest BCUT2D eigenvalue weighted by Gasteiger charge is 2.16. The largest absolute Gasteiger partial charge is 0.269 e. The lowest BCUT2D eigenvalue weighted by Crippen LogP contribution is -1.98. The van der Waals surface area contributed by atoms with Crippen LogP contribution < -0.4 is 0 Å². The number of benzene rings is 2. The number of nitrogens with zero attached hydrogens (tertiary/aromatic N) is 1. The molecule has 2 atom stereocenters. The van der Waals surface area contributed by atoms with E-state index in [1.54, 1.807) is 12.1 Å². The molecule has 3 nitrogen and oxygen atoms in total. The van der Waals surface area contributed by atoms with E-state index in [1.165, 1.54) is 12.1 Å². The first kappa shape index (κ1) is 14.8. The number of nitro groups is 1. The maximum absolute atomic E-state index is 10.6. The van der Waals surface area contributed by atoms with Gasteiger partial charge in [-0.3, -0.25) is 10.1 Å². The molecule has 2 aromatic rings. The predicted molar refractivity (Wildman–Crippen MR) is 81.3 cm³/mol. The summed E-state index contributed by atoms with van der Waals surface area (Å²) in [6.07, 6.45) is 0.560. The highest BCUT2D eigenvalue weighted by molar-refractivity contribution is 6.23. The smallest absolute Gasteiger partial charge is 0.258 e. The summed E-state index contributed by atoms with van der Waals surface area (Å²) in [6.45, 7) is 0. The molecule has 0 amide bonds. The minimum absolute atomic E-state index is 0.0584. The van der Waals surface area contributed by atoms with Crippen LogP contribution in [-0.2, 0) is 0 Å². The van der Waals surface area contributed by atoms with E-state index in [4.69, 9.17) is 23.2 Å². The average Bonchev–Trinajstić information content (AvgIpc) is 2.48. The van der Waals surface area contributed by atoms with Crippen molar-refractivity contribution in [2.24, 2.45) is 0 Å². The fraction of sp³-hybridized carbons (Fsp3) is 0.200. The van der Waals surface area contributed by atoms with Crippen molar-refractivity contribution in [1.82, 2.24) is 0 Å². The summed E-state index contributed by atoms with van der Waals surface area (Å²) in [7, 11) is 0. The molecular formula is C15H13Cl2NO2. The number of alkyl halides is 2. The topological polar surface area (TPSA) is 43.1 Å². The van der Waals surface area contributed by atoms with Crippen molar-refractivity contribution in [2.75, 3.05) is 0 Å². The Morgan fingerprint density at radius 1 is 0.900 bits per heavy atom. The Kier molecular flexibility index (Phi) is 4.99. The molecule has 0 spiro atoms. The SMILES string of the molecule is O=[N+]([O-])c1ccc([C@H](Cl)C[C@@H](Cl)c2ccccc2)cc1. The van der Waals surface area contributed by atoms with Gasteiger partial charge in [0.2, 0.25) is 0 Å². The van der Waals surface area contributed by atoms with Crippen molar-refractivity contribution in [3.05, 3.63) is 75.8 Å². The van der Waals surface area contributed by atoms with Crippen molar-refractivity contribution in [3.63, 3.8) is 0 Å². The first-order valence-electron chi connectivity index (χ1n) is 6.15. The molecule has 0 aliphatic carbocycles. The van der Waals surface area contributed by atoms with Gasteiger partial charge in [-0.2, -0.15) is 0 Å². The average molecular weight is 310 g/mol. The molecule has 0 radical (unpaired) electrons. The number of nitro benzene ring substituents is 1. The Morgan fingerprint density at radius 2 is 1.40 bits per heavy atom. The first-order chi connectivity index (χ1) is 9.58. The molecule has 0 heterocycles. The summed E-state index contributed by atoms with van der Waals surface area (Å²) < 4.78 is 0. The van der Waals surface area contributed by atoms with Gasteiger partial charge in [-0.1, -0.05) is 42.5 Å². The molecule has 0 aliphatic heterocycles. The maximum Gasteiger partial charge on any atom is 0.269 e. The monoisotopic (exact) mass is 309 g/mol. The summed E-state index contributed by atoms with van der Waals surface area (Å²) in [5.74, 6) is 0. The number of halogens is 2. The van der Waals surface area contributed by atoms with E-state index in [2.05, 4.69) is 0 Å². The third-order valence-electron chi connectivity index (χ3n) is 3.04. The fourth-order valence-corrected chi connectivity index (χ4v) is 2.66. The van der Waals surface area contributed by atoms with Crippen LogP contribution in [0.2, 0.25) is 0 Å². The minimum Gasteiger partial charge on any atom is -0.258 e. The Morgan fingerprint density at radius 3 is 1.90 bits per heavy atom. The van der Waals surface area contributed by atoms with E-state index in [9.17, 15) is 10.1 Å². The normalized spacial score (nSPS) is 13.7. The summed E-state index contributed by atoms with van der Waals surface area (Å²) >= 11 is 12.7. The molecule has 0 bridgehead atoms. The molecule has 104 valence electrons. The second-order valence-corrected chi connectivity index (χ2v) is 5.48. The van der Waals surface area contributed by atoms with Crippen LogP contribution >= 0.6 is 23.2 Å². The maximum atomic E-state index is 10.6. The van der Waals surface area contributed by atoms with Crippen LogP contribution in [0.5, 0.6) is 0 Å². The predicted octanol–water partition coefficient (Wildman–Crippen LogP) is 5.24. The van der Waals surface area contributed by atoms with Crippen molar-refractivity contribution < 1.29 is 4.92 Å². The molecule has 0 aromatic heterocycles. The number of hydrogen-bond acceptors (Lipinski definition) is 2. The zero-order chi connectivity index (χ0) is 14.5. The van der Waals surface area contributed by atoms with Gasteiger partial charge in [0.05, 0.1) is 15.7 Å². The third kappa shape index (κ3) is 3.71. The number of rotatable bonds is 5. The molecule has 0 fully saturated rings. The Labute approximate surface area is 127 Å². The van der Waals surface area contributed by atoms with E-state index in [-0.39, 0.29) is 16.4 Å². The molecule has 5 heteroatoms. The lowest BCUT2D eigenvalue weighted by molar-refractivity contribution is -0.384. The number of non-ortho nitro benzene ring substituents is 1. The molecule has 20 heavy (non-hydrogen) atoms. The number of hydrogen-bond donors (Lipinski definition) is 0. The van der Waals surface area contributed by atoms with Gasteiger partial charge in [-0.25, -0.2) is 0 Å². The van der Waals surface area contributed by atoms with Gasteiger partial charge < -0.3 is 0 Å². The standard InChI is InChI=1S/C15H13Cl2NO2/c16-14(11-4-2-1-3-5-11)10-15(17)12-6-8-13(9-7-12)18(19)20/h1-9,14-15H,10H2/t14-,15-/m1/s1. The van der Waals surface area contributed by atoms with Gasteiger partial charge in [0.25, 0.3) is 5.69 Å². The Hall–Kier alpha value is -1.58. The Bertz CT molecular complexity index is 572. The van der Waals surface area contributed by atoms with E-state index in [0.29, 0.717) is 6.42 Å². The van der Waals surface area contributed by atoms with Gasteiger partial charge in [-0.15, -0.1) is 23.2 Å². The quantitative estimate of drug-likeness (QED) is 0.430. The van der Waals surface area contributed by atoms with Crippen LogP contribution in [0.3, 0.4) is 0 Å². The van der Waals surface area contributed by atoms with Crippen LogP contribution in [-0.4, -0.2) is 4.92 Å². The van der Waals surface area contributed by atoms with Gasteiger partial charge in [0.15, 0.2) is 0 Å². The molecule has 2 aromatic carbocycles. The molecule has 0 unspecified atom stereocenters.